The standard InChI is InChI=1S/C90H141N21O13S/c1-5-6-7-8-9-10-11-12-13-14-15-16-23-45-76(112)96-50-33-51-98-78(114)60-102-101-59-77(113)97-48-29-27-40-68(80(93)115)103-87(122)79(61(2)3)109-86(121)75-44-32-53-111(75)89(124)70(41-26-28-47-91)105-83(118)71(55-62-34-19-17-20-35-62)106-84(119)73(57-64-58-100-67-39-25-24-38-65(64)67)107-81(116)69(42-30-49-99-90(94)95)104-82(117)72(56-63-36-21-18-22-37-63)108-85(120)74-43-31-52-110(74)88(123)66(92)46-54-125-4/h17-22,24-25,34-39,58,60-61,66,68-75,79,100-101H,5-16,23,26-33,40-57,59,91-92H2,1-4H3,(H2,93,115)(H,96,112)(H,97,113)(H,98,114)(H,103,122)(H,104,117)(H,105,118)(H,106,119)(H,107,116)(H,108,120)(H,109,121)(H4,94,95,99)/b102-60+/t66-,68-,69-,70-,71-,72+,73+,74-,75-,79-/m0/s1. The van der Waals surface area contributed by atoms with E-state index in [0.717, 1.165) is 36.4 Å². The summed E-state index contributed by atoms with van der Waals surface area (Å²) < 4.78 is 0. The van der Waals surface area contributed by atoms with Crippen molar-refractivity contribution in [2.75, 3.05) is 64.4 Å². The van der Waals surface area contributed by atoms with Gasteiger partial charge in [-0.1, -0.05) is 177 Å². The number of amides is 13. The summed E-state index contributed by atoms with van der Waals surface area (Å²) in [4.78, 5) is 193. The third-order valence-electron chi connectivity index (χ3n) is 22.5. The molecule has 2 fully saturated rings. The van der Waals surface area contributed by atoms with Crippen LogP contribution in [0.3, 0.4) is 0 Å². The number of nitrogens with two attached hydrogens (primary N) is 5. The molecule has 6 rings (SSSR count). The lowest BCUT2D eigenvalue weighted by Crippen LogP contribution is -2.61. The molecule has 0 bridgehead atoms. The SMILES string of the molecule is CCCCCCCCCCCCCCCC(=O)NCCCNC(=O)/C=N/NCC(=O)NCCCC[C@H](NC(=O)[C@@H](NC(=O)[C@@H]1CCCN1C(=O)[C@H](CCCCN)NC(=O)[C@H](Cc1ccccc1)NC(=O)[C@@H](Cc1c[nH]c2ccccc12)NC(=O)[C@H](CCCN=C(N)N)NC(=O)[C@@H](Cc1ccccc1)NC(=O)[C@@H]1CCCN1C(=O)[C@@H](N)CCSC)C(C)C)C(N)=O. The highest BCUT2D eigenvalue weighted by Crippen LogP contribution is 2.25. The predicted molar refractivity (Wildman–Crippen MR) is 487 cm³/mol. The first-order chi connectivity index (χ1) is 60.3. The fraction of sp³-hybridized carbons (Fsp3) is 0.611. The van der Waals surface area contributed by atoms with Gasteiger partial charge in [0.05, 0.1) is 6.04 Å². The average molecular weight is 1760 g/mol. The van der Waals surface area contributed by atoms with Gasteiger partial charge in [-0.15, -0.1) is 0 Å². The Morgan fingerprint density at radius 1 is 0.512 bits per heavy atom. The quantitative estimate of drug-likeness (QED) is 0.0129. The summed E-state index contributed by atoms with van der Waals surface area (Å²) >= 11 is 1.54. The number of unbranched alkanes of at least 4 members (excludes halogenated alkanes) is 14. The Balaban J connectivity index is 1.06. The number of hydrazone groups is 1. The highest BCUT2D eigenvalue weighted by Gasteiger charge is 2.42. The Morgan fingerprint density at radius 2 is 1.01 bits per heavy atom. The van der Waals surface area contributed by atoms with E-state index in [2.05, 4.69) is 80.6 Å². The number of para-hydroxylation sites is 1. The van der Waals surface area contributed by atoms with Crippen LogP contribution >= 0.6 is 11.8 Å². The number of carbonyl (C=O) groups excluding carboxylic acids is 13. The number of carbonyl (C=O) groups is 13. The summed E-state index contributed by atoms with van der Waals surface area (Å²) in [7, 11) is 0. The van der Waals surface area contributed by atoms with Gasteiger partial charge in [0.1, 0.15) is 67.1 Å². The molecule has 2 aliphatic rings. The Labute approximate surface area is 740 Å². The van der Waals surface area contributed by atoms with Gasteiger partial charge in [0.2, 0.25) is 70.9 Å². The van der Waals surface area contributed by atoms with E-state index < -0.39 is 131 Å². The summed E-state index contributed by atoms with van der Waals surface area (Å²) in [5.41, 5.74) is 34.7. The number of H-pyrrole nitrogens is 1. The number of aliphatic imine (C=N–C) groups is 1. The second-order valence-electron chi connectivity index (χ2n) is 32.9. The van der Waals surface area contributed by atoms with Crippen LogP contribution in [0.2, 0.25) is 0 Å². The van der Waals surface area contributed by atoms with Crippen LogP contribution in [0.4, 0.5) is 0 Å². The second-order valence-corrected chi connectivity index (χ2v) is 33.9. The molecule has 2 saturated heterocycles. The molecule has 4 aromatic rings. The van der Waals surface area contributed by atoms with Crippen LogP contribution in [0, 0.1) is 5.92 Å². The summed E-state index contributed by atoms with van der Waals surface area (Å²) in [5.74, 6) is -7.94. The summed E-state index contributed by atoms with van der Waals surface area (Å²) in [5, 5.41) is 32.8. The van der Waals surface area contributed by atoms with Gasteiger partial charge >= 0.3 is 0 Å². The molecule has 3 heterocycles. The third kappa shape index (κ3) is 38.4. The largest absolute Gasteiger partial charge is 0.370 e. The lowest BCUT2D eigenvalue weighted by Gasteiger charge is -2.32. The molecule has 0 aliphatic carbocycles. The maximum Gasteiger partial charge on any atom is 0.264 e. The molecule has 125 heavy (non-hydrogen) atoms. The number of hydrogen-bond acceptors (Lipinski definition) is 19. The molecule has 13 amide bonds. The van der Waals surface area contributed by atoms with Gasteiger partial charge in [0.25, 0.3) is 5.91 Å². The number of likely N-dealkylation sites (tertiary alicyclic amines) is 2. The van der Waals surface area contributed by atoms with E-state index in [0.29, 0.717) is 106 Å². The number of primary amides is 1. The number of benzene rings is 3. The lowest BCUT2D eigenvalue weighted by molar-refractivity contribution is -0.143. The molecule has 2 aliphatic heterocycles. The molecule has 34 nitrogen and oxygen atoms in total. The predicted octanol–water partition coefficient (Wildman–Crippen LogP) is 3.94. The number of thioether (sulfide) groups is 1. The van der Waals surface area contributed by atoms with Crippen molar-refractivity contribution < 1.29 is 62.3 Å². The average Bonchev–Trinajstić information content (AvgIpc) is 1.73. The molecule has 690 valence electrons. The number of aromatic amines is 1. The van der Waals surface area contributed by atoms with Gasteiger partial charge < -0.3 is 102 Å². The van der Waals surface area contributed by atoms with Gasteiger partial charge in [0.15, 0.2) is 5.96 Å². The van der Waals surface area contributed by atoms with E-state index in [1.54, 1.807) is 92.5 Å². The summed E-state index contributed by atoms with van der Waals surface area (Å²) in [6.45, 7) is 7.04. The fourth-order valence-corrected chi connectivity index (χ4v) is 15.9. The van der Waals surface area contributed by atoms with Gasteiger partial charge in [-0.2, -0.15) is 16.9 Å². The molecule has 1 aromatic heterocycles. The smallest absolute Gasteiger partial charge is 0.264 e. The molecule has 0 radical (unpaired) electrons. The Hall–Kier alpha value is -10.7. The number of hydrogen-bond donors (Lipinski definition) is 17. The molecule has 22 N–H and O–H groups in total. The van der Waals surface area contributed by atoms with Crippen molar-refractivity contribution in [2.45, 2.75) is 280 Å². The highest BCUT2D eigenvalue weighted by molar-refractivity contribution is 7.98. The van der Waals surface area contributed by atoms with Crippen LogP contribution in [0.25, 0.3) is 10.9 Å². The minimum Gasteiger partial charge on any atom is -0.370 e. The maximum atomic E-state index is 15.5. The molecule has 35 heteroatoms. The van der Waals surface area contributed by atoms with E-state index >= 15 is 19.2 Å². The van der Waals surface area contributed by atoms with Crippen LogP contribution in [0.5, 0.6) is 0 Å². The molecule has 3 aromatic carbocycles. The maximum absolute atomic E-state index is 15.5. The van der Waals surface area contributed by atoms with Gasteiger partial charge in [-0.05, 0) is 144 Å². The van der Waals surface area contributed by atoms with E-state index in [4.69, 9.17) is 28.7 Å². The number of nitrogens with one attached hydrogen (secondary N) is 12. The minimum absolute atomic E-state index is 0.00204. The van der Waals surface area contributed by atoms with Crippen molar-refractivity contribution in [1.29, 1.82) is 0 Å². The number of aromatic nitrogens is 1. The highest BCUT2D eigenvalue weighted by atomic mass is 32.2. The topological polar surface area (TPSA) is 531 Å². The zero-order valence-corrected chi connectivity index (χ0v) is 74.6. The first-order valence-corrected chi connectivity index (χ1v) is 46.4. The summed E-state index contributed by atoms with van der Waals surface area (Å²) in [6.07, 6.45) is 25.0. The monoisotopic (exact) mass is 1760 g/mol. The minimum atomic E-state index is -1.46. The Kier molecular flexibility index (Phi) is 48.3. The van der Waals surface area contributed by atoms with E-state index in [1.807, 2.05) is 30.5 Å². The normalized spacial score (nSPS) is 15.7. The number of rotatable bonds is 62. The van der Waals surface area contributed by atoms with Crippen molar-refractivity contribution in [3.05, 3.63) is 108 Å². The lowest BCUT2D eigenvalue weighted by atomic mass is 10.00. The van der Waals surface area contributed by atoms with E-state index in [9.17, 15) is 43.2 Å². The van der Waals surface area contributed by atoms with Crippen molar-refractivity contribution in [3.63, 3.8) is 0 Å². The van der Waals surface area contributed by atoms with Crippen molar-refractivity contribution in [2.24, 2.45) is 44.7 Å². The van der Waals surface area contributed by atoms with Crippen molar-refractivity contribution in [1.82, 2.24) is 73.4 Å². The zero-order chi connectivity index (χ0) is 90.7. The number of nitrogens with zero attached hydrogens (tertiary/aromatic N) is 4. The van der Waals surface area contributed by atoms with Crippen LogP contribution in [0.15, 0.2) is 101 Å². The van der Waals surface area contributed by atoms with Gasteiger partial charge in [-0.25, -0.2) is 0 Å². The van der Waals surface area contributed by atoms with Crippen molar-refractivity contribution in [3.8, 4) is 0 Å². The summed E-state index contributed by atoms with van der Waals surface area (Å²) in [6, 6.07) is 13.0. The second kappa shape index (κ2) is 58.5. The number of fused-ring (bicyclic) bond motifs is 1. The molecule has 10 atom stereocenters. The first kappa shape index (κ1) is 103. The third-order valence-corrected chi connectivity index (χ3v) is 23.1. The van der Waals surface area contributed by atoms with Crippen LogP contribution in [-0.4, -0.2) is 229 Å². The molecular weight excluding hydrogens is 1620 g/mol. The van der Waals surface area contributed by atoms with Crippen LogP contribution < -0.4 is 87.3 Å². The Bertz CT molecular complexity index is 4080. The van der Waals surface area contributed by atoms with Gasteiger partial charge in [-0.3, -0.25) is 67.3 Å². The molecule has 0 spiro atoms. The molecule has 0 saturated carbocycles. The first-order valence-electron chi connectivity index (χ1n) is 45.0. The van der Waals surface area contributed by atoms with Crippen LogP contribution in [0.1, 0.15) is 217 Å². The molecular formula is C90H141N21O13S. The Morgan fingerprint density at radius 3 is 1.60 bits per heavy atom. The van der Waals surface area contributed by atoms with E-state index in [-0.39, 0.29) is 102 Å². The fourth-order valence-electron chi connectivity index (χ4n) is 15.4. The number of guanidine groups is 1. The van der Waals surface area contributed by atoms with E-state index in [1.165, 1.54) is 74.0 Å². The zero-order valence-electron chi connectivity index (χ0n) is 73.8. The van der Waals surface area contributed by atoms with Gasteiger partial charge in [0, 0.05) is 82.1 Å². The van der Waals surface area contributed by atoms with Crippen LogP contribution in [-0.2, 0) is 81.6 Å². The molecule has 0 unspecified atom stereocenters. The van der Waals surface area contributed by atoms with Crippen molar-refractivity contribution >= 4 is 112 Å².